The smallest absolute Gasteiger partial charge is 0.288 e. The summed E-state index contributed by atoms with van der Waals surface area (Å²) in [4.78, 5) is 25.9. The fourth-order valence-electron chi connectivity index (χ4n) is 2.32. The number of rotatable bonds is 5. The molecule has 2 N–H and O–H groups in total. The van der Waals surface area contributed by atoms with Crippen LogP contribution in [0, 0.1) is 17.0 Å². The van der Waals surface area contributed by atoms with Crippen molar-refractivity contribution in [1.82, 2.24) is 19.7 Å². The summed E-state index contributed by atoms with van der Waals surface area (Å²) in [6, 6.07) is 8.92. The van der Waals surface area contributed by atoms with Crippen molar-refractivity contribution in [3.63, 3.8) is 0 Å². The zero-order valence-electron chi connectivity index (χ0n) is 13.9. The van der Waals surface area contributed by atoms with E-state index in [9.17, 15) is 14.9 Å². The Bertz CT molecular complexity index is 1020. The van der Waals surface area contributed by atoms with Gasteiger partial charge in [-0.15, -0.1) is 10.2 Å². The normalized spacial score (nSPS) is 10.7. The maximum absolute atomic E-state index is 11.6. The summed E-state index contributed by atoms with van der Waals surface area (Å²) in [6.07, 6.45) is 1.08. The van der Waals surface area contributed by atoms with E-state index >= 15 is 0 Å². The number of pyridine rings is 1. The van der Waals surface area contributed by atoms with Crippen LogP contribution >= 0.6 is 11.8 Å². The van der Waals surface area contributed by atoms with E-state index in [0.29, 0.717) is 11.0 Å². The fraction of sp³-hybridized carbons (Fsp3) is 0.125. The molecule has 0 saturated carbocycles. The molecule has 0 aliphatic rings. The molecule has 3 aromatic rings. The molecule has 1 aromatic carbocycles. The quantitative estimate of drug-likeness (QED) is 0.539. The van der Waals surface area contributed by atoms with E-state index in [1.54, 1.807) is 11.6 Å². The van der Waals surface area contributed by atoms with Crippen molar-refractivity contribution in [3.05, 3.63) is 57.8 Å². The third-order valence-electron chi connectivity index (χ3n) is 3.61. The number of aromatic nitrogens is 4. The van der Waals surface area contributed by atoms with E-state index < -0.39 is 10.8 Å². The Hall–Kier alpha value is -3.27. The molecular formula is C16H14N6O3S. The molecule has 0 saturated heterocycles. The van der Waals surface area contributed by atoms with E-state index in [0.717, 1.165) is 35.2 Å². The topological polar surface area (TPSA) is 130 Å². The summed E-state index contributed by atoms with van der Waals surface area (Å²) >= 11 is 1.06. The number of primary amides is 1. The summed E-state index contributed by atoms with van der Waals surface area (Å²) in [5, 5.41) is 19.9. The molecule has 0 aliphatic heterocycles. The monoisotopic (exact) mass is 370 g/mol. The lowest BCUT2D eigenvalue weighted by Gasteiger charge is -2.06. The van der Waals surface area contributed by atoms with Gasteiger partial charge in [-0.3, -0.25) is 14.9 Å². The first-order valence-corrected chi connectivity index (χ1v) is 8.27. The molecule has 0 spiro atoms. The predicted octanol–water partition coefficient (Wildman–Crippen LogP) is 2.34. The molecule has 3 rings (SSSR count). The molecule has 9 nitrogen and oxygen atoms in total. The molecule has 10 heteroatoms. The van der Waals surface area contributed by atoms with Gasteiger partial charge in [0.05, 0.1) is 10.5 Å². The van der Waals surface area contributed by atoms with Crippen molar-refractivity contribution >= 4 is 23.4 Å². The van der Waals surface area contributed by atoms with Crippen LogP contribution in [0.1, 0.15) is 15.9 Å². The van der Waals surface area contributed by atoms with Crippen LogP contribution in [0.5, 0.6) is 0 Å². The molecule has 0 unspecified atom stereocenters. The Morgan fingerprint density at radius 1 is 1.31 bits per heavy atom. The van der Waals surface area contributed by atoms with Crippen LogP contribution in [-0.4, -0.2) is 30.6 Å². The highest BCUT2D eigenvalue weighted by atomic mass is 32.2. The summed E-state index contributed by atoms with van der Waals surface area (Å²) < 4.78 is 1.76. The zero-order chi connectivity index (χ0) is 18.8. The van der Waals surface area contributed by atoms with Gasteiger partial charge in [-0.05, 0) is 24.8 Å². The van der Waals surface area contributed by atoms with Gasteiger partial charge < -0.3 is 10.3 Å². The largest absolute Gasteiger partial charge is 0.366 e. The van der Waals surface area contributed by atoms with Crippen LogP contribution in [0.15, 0.2) is 46.7 Å². The van der Waals surface area contributed by atoms with E-state index in [1.807, 2.05) is 31.2 Å². The van der Waals surface area contributed by atoms with Crippen LogP contribution in [0.2, 0.25) is 0 Å². The summed E-state index contributed by atoms with van der Waals surface area (Å²) in [6.45, 7) is 1.98. The van der Waals surface area contributed by atoms with E-state index in [-0.39, 0.29) is 16.3 Å². The van der Waals surface area contributed by atoms with Gasteiger partial charge in [0.1, 0.15) is 11.2 Å². The highest BCUT2D eigenvalue weighted by Crippen LogP contribution is 2.31. The minimum atomic E-state index is -0.801. The van der Waals surface area contributed by atoms with Crippen molar-refractivity contribution in [1.29, 1.82) is 0 Å². The van der Waals surface area contributed by atoms with E-state index in [4.69, 9.17) is 5.73 Å². The number of nitrogens with two attached hydrogens (primary N) is 1. The number of hydrogen-bond acceptors (Lipinski definition) is 7. The number of nitro groups is 1. The highest BCUT2D eigenvalue weighted by molar-refractivity contribution is 7.99. The number of aryl methyl sites for hydroxylation is 1. The number of carbonyl (C=O) groups excluding carboxylic acids is 1. The van der Waals surface area contributed by atoms with Crippen LogP contribution in [-0.2, 0) is 7.05 Å². The second-order valence-corrected chi connectivity index (χ2v) is 6.46. The van der Waals surface area contributed by atoms with Crippen molar-refractivity contribution in [3.8, 4) is 11.4 Å². The second-order valence-electron chi connectivity index (χ2n) is 5.50. The fourth-order valence-corrected chi connectivity index (χ4v) is 3.18. The first-order chi connectivity index (χ1) is 12.4. The number of nitrogens with zero attached hydrogens (tertiary/aromatic N) is 5. The van der Waals surface area contributed by atoms with Crippen LogP contribution in [0.25, 0.3) is 11.4 Å². The van der Waals surface area contributed by atoms with Gasteiger partial charge in [0.2, 0.25) is 0 Å². The van der Waals surface area contributed by atoms with Gasteiger partial charge in [0.15, 0.2) is 11.0 Å². The molecule has 0 fully saturated rings. The van der Waals surface area contributed by atoms with Gasteiger partial charge in [-0.25, -0.2) is 4.98 Å². The first kappa shape index (κ1) is 17.5. The maximum Gasteiger partial charge on any atom is 0.288 e. The summed E-state index contributed by atoms with van der Waals surface area (Å²) in [7, 11) is 1.79. The molecule has 0 radical (unpaired) electrons. The Balaban J connectivity index is 1.98. The van der Waals surface area contributed by atoms with Crippen molar-refractivity contribution in [2.75, 3.05) is 0 Å². The standard InChI is InChI=1S/C16H14N6O3S/c1-9-4-3-5-10(6-9)14-19-20-16(21(14)2)26-15-12(13(17)23)7-11(8-18-15)22(24)25/h3-8H,1-2H3,(H2,17,23). The van der Waals surface area contributed by atoms with Gasteiger partial charge in [0, 0.05) is 18.7 Å². The lowest BCUT2D eigenvalue weighted by atomic mass is 10.1. The van der Waals surface area contributed by atoms with Crippen molar-refractivity contribution < 1.29 is 9.72 Å². The Labute approximate surface area is 152 Å². The second kappa shape index (κ2) is 6.92. The first-order valence-electron chi connectivity index (χ1n) is 7.45. The molecule has 1 amide bonds. The molecular weight excluding hydrogens is 356 g/mol. The zero-order valence-corrected chi connectivity index (χ0v) is 14.7. The van der Waals surface area contributed by atoms with Crippen molar-refractivity contribution in [2.45, 2.75) is 17.1 Å². The molecule has 0 atom stereocenters. The summed E-state index contributed by atoms with van der Waals surface area (Å²) in [5.41, 5.74) is 6.98. The van der Waals surface area contributed by atoms with Crippen molar-refractivity contribution in [2.24, 2.45) is 12.8 Å². The van der Waals surface area contributed by atoms with E-state index in [1.165, 1.54) is 0 Å². The Kier molecular flexibility index (Phi) is 4.67. The average Bonchev–Trinajstić information content (AvgIpc) is 2.95. The minimum absolute atomic E-state index is 0.0377. The van der Waals surface area contributed by atoms with Gasteiger partial charge >= 0.3 is 0 Å². The minimum Gasteiger partial charge on any atom is -0.366 e. The molecule has 26 heavy (non-hydrogen) atoms. The number of carbonyl (C=O) groups is 1. The predicted molar refractivity (Wildman–Crippen MR) is 94.7 cm³/mol. The lowest BCUT2D eigenvalue weighted by molar-refractivity contribution is -0.385. The van der Waals surface area contributed by atoms with Crippen LogP contribution in [0.3, 0.4) is 0 Å². The molecule has 0 bridgehead atoms. The third-order valence-corrected chi connectivity index (χ3v) is 4.67. The van der Waals surface area contributed by atoms with Gasteiger partial charge in [0.25, 0.3) is 11.6 Å². The maximum atomic E-state index is 11.6. The van der Waals surface area contributed by atoms with Gasteiger partial charge in [-0.1, -0.05) is 23.8 Å². The Morgan fingerprint density at radius 3 is 2.73 bits per heavy atom. The van der Waals surface area contributed by atoms with E-state index in [2.05, 4.69) is 15.2 Å². The van der Waals surface area contributed by atoms with Crippen LogP contribution < -0.4 is 5.73 Å². The van der Waals surface area contributed by atoms with Gasteiger partial charge in [-0.2, -0.15) is 0 Å². The highest BCUT2D eigenvalue weighted by Gasteiger charge is 2.20. The Morgan fingerprint density at radius 2 is 2.08 bits per heavy atom. The average molecular weight is 370 g/mol. The number of amides is 1. The number of benzene rings is 1. The SMILES string of the molecule is Cc1cccc(-c2nnc(Sc3ncc([N+](=O)[O-])cc3C(N)=O)n2C)c1. The number of hydrogen-bond donors (Lipinski definition) is 1. The molecule has 0 aliphatic carbocycles. The summed E-state index contributed by atoms with van der Waals surface area (Å²) in [5.74, 6) is -0.150. The third kappa shape index (κ3) is 3.40. The lowest BCUT2D eigenvalue weighted by Crippen LogP contribution is -2.13. The molecule has 132 valence electrons. The molecule has 2 aromatic heterocycles. The molecule has 2 heterocycles. The van der Waals surface area contributed by atoms with Crippen LogP contribution in [0.4, 0.5) is 5.69 Å².